The third-order valence-corrected chi connectivity index (χ3v) is 7.87. The fourth-order valence-electron chi connectivity index (χ4n) is 5.27. The minimum Gasteiger partial charge on any atom is -0.486 e. The van der Waals surface area contributed by atoms with Crippen molar-refractivity contribution < 1.29 is 9.47 Å². The van der Waals surface area contributed by atoms with Crippen molar-refractivity contribution in [2.75, 3.05) is 24.7 Å². The van der Waals surface area contributed by atoms with E-state index < -0.39 is 0 Å². The zero-order chi connectivity index (χ0) is 20.2. The Morgan fingerprint density at radius 1 is 1.10 bits per heavy atom. The van der Waals surface area contributed by atoms with Gasteiger partial charge in [0.15, 0.2) is 11.5 Å². The van der Waals surface area contributed by atoms with Gasteiger partial charge < -0.3 is 14.4 Å². The summed E-state index contributed by atoms with van der Waals surface area (Å²) in [6, 6.07) is 6.76. The zero-order valence-corrected chi connectivity index (χ0v) is 18.4. The number of aromatic nitrogens is 2. The lowest BCUT2D eigenvalue weighted by molar-refractivity contribution is 0.171. The molecule has 3 aromatic rings. The Morgan fingerprint density at radius 2 is 1.97 bits per heavy atom. The summed E-state index contributed by atoms with van der Waals surface area (Å²) in [7, 11) is 0. The summed E-state index contributed by atoms with van der Waals surface area (Å²) in [6.45, 7) is 6.67. The zero-order valence-electron chi connectivity index (χ0n) is 17.6. The van der Waals surface area contributed by atoms with Crippen LogP contribution in [0.15, 0.2) is 18.2 Å². The molecule has 30 heavy (non-hydrogen) atoms. The van der Waals surface area contributed by atoms with Crippen molar-refractivity contribution in [3.05, 3.63) is 40.0 Å². The van der Waals surface area contributed by atoms with Gasteiger partial charge in [-0.15, -0.1) is 11.3 Å². The van der Waals surface area contributed by atoms with Crippen LogP contribution in [0.2, 0.25) is 0 Å². The van der Waals surface area contributed by atoms with E-state index in [9.17, 15) is 0 Å². The smallest absolute Gasteiger partial charge is 0.161 e. The topological polar surface area (TPSA) is 47.5 Å². The minimum absolute atomic E-state index is 0.316. The van der Waals surface area contributed by atoms with Crippen molar-refractivity contribution in [1.29, 1.82) is 0 Å². The standard InChI is InChI=1S/C24H27N3O2S/c1-14-5-7-17-21(12-14)30-24-22(17)23(25-15(2)26-24)27-9-3-4-18(27)16-6-8-19-20(13-16)29-11-10-28-19/h6,8,13-14,18H,3-5,7,9-12H2,1-2H3/t14-,18+/m0/s1. The summed E-state index contributed by atoms with van der Waals surface area (Å²) in [5.74, 6) is 4.51. The van der Waals surface area contributed by atoms with Gasteiger partial charge in [0, 0.05) is 11.4 Å². The predicted octanol–water partition coefficient (Wildman–Crippen LogP) is 5.24. The molecule has 156 valence electrons. The molecule has 1 aliphatic carbocycles. The largest absolute Gasteiger partial charge is 0.486 e. The molecule has 0 radical (unpaired) electrons. The van der Waals surface area contributed by atoms with E-state index in [4.69, 9.17) is 19.4 Å². The summed E-state index contributed by atoms with van der Waals surface area (Å²) < 4.78 is 11.6. The first kappa shape index (κ1) is 18.4. The van der Waals surface area contributed by atoms with E-state index in [1.54, 1.807) is 0 Å². The van der Waals surface area contributed by atoms with Crippen molar-refractivity contribution >= 4 is 27.4 Å². The van der Waals surface area contributed by atoms with Gasteiger partial charge in [0.1, 0.15) is 29.7 Å². The molecule has 2 atom stereocenters. The van der Waals surface area contributed by atoms with Crippen molar-refractivity contribution in [2.24, 2.45) is 5.92 Å². The Balaban J connectivity index is 1.45. The molecule has 0 saturated carbocycles. The molecule has 5 nitrogen and oxygen atoms in total. The lowest BCUT2D eigenvalue weighted by Gasteiger charge is -2.29. The van der Waals surface area contributed by atoms with Crippen LogP contribution in [0.4, 0.5) is 5.82 Å². The molecule has 1 aromatic carbocycles. The lowest BCUT2D eigenvalue weighted by Crippen LogP contribution is -2.25. The first-order valence-electron chi connectivity index (χ1n) is 11.1. The number of anilines is 1. The van der Waals surface area contributed by atoms with Crippen molar-refractivity contribution in [3.8, 4) is 11.5 Å². The second-order valence-corrected chi connectivity index (χ2v) is 9.96. The molecular weight excluding hydrogens is 394 g/mol. The minimum atomic E-state index is 0.316. The number of hydrogen-bond donors (Lipinski definition) is 0. The fourth-order valence-corrected chi connectivity index (χ4v) is 6.69. The molecule has 0 spiro atoms. The average molecular weight is 422 g/mol. The number of ether oxygens (including phenoxy) is 2. The number of nitrogens with zero attached hydrogens (tertiary/aromatic N) is 3. The number of thiophene rings is 1. The van der Waals surface area contributed by atoms with Crippen LogP contribution in [0.5, 0.6) is 11.5 Å². The second-order valence-electron chi connectivity index (χ2n) is 8.88. The maximum absolute atomic E-state index is 5.86. The molecular formula is C24H27N3O2S. The maximum atomic E-state index is 5.86. The normalized spacial score (nSPS) is 23.1. The second kappa shape index (κ2) is 7.12. The monoisotopic (exact) mass is 421 g/mol. The molecule has 0 bridgehead atoms. The highest BCUT2D eigenvalue weighted by atomic mass is 32.1. The van der Waals surface area contributed by atoms with Gasteiger partial charge in [-0.3, -0.25) is 0 Å². The van der Waals surface area contributed by atoms with Gasteiger partial charge in [-0.05, 0) is 68.2 Å². The van der Waals surface area contributed by atoms with Gasteiger partial charge in [-0.1, -0.05) is 13.0 Å². The van der Waals surface area contributed by atoms with Gasteiger partial charge in [0.2, 0.25) is 0 Å². The molecule has 6 rings (SSSR count). The summed E-state index contributed by atoms with van der Waals surface area (Å²) in [6.07, 6.45) is 5.90. The Kier molecular flexibility index (Phi) is 4.37. The lowest BCUT2D eigenvalue weighted by atomic mass is 9.89. The Bertz CT molecular complexity index is 1130. The van der Waals surface area contributed by atoms with Crippen LogP contribution in [0.25, 0.3) is 10.2 Å². The van der Waals surface area contributed by atoms with Gasteiger partial charge in [0.05, 0.1) is 11.4 Å². The third kappa shape index (κ3) is 2.96. The number of fused-ring (bicyclic) bond motifs is 4. The molecule has 0 unspecified atom stereocenters. The Labute approximate surface area is 181 Å². The highest BCUT2D eigenvalue weighted by molar-refractivity contribution is 7.19. The van der Waals surface area contributed by atoms with E-state index >= 15 is 0 Å². The van der Waals surface area contributed by atoms with E-state index in [2.05, 4.69) is 30.0 Å². The highest BCUT2D eigenvalue weighted by Gasteiger charge is 2.32. The van der Waals surface area contributed by atoms with Crippen LogP contribution < -0.4 is 14.4 Å². The predicted molar refractivity (Wildman–Crippen MR) is 120 cm³/mol. The number of benzene rings is 1. The molecule has 1 saturated heterocycles. The van der Waals surface area contributed by atoms with Crippen molar-refractivity contribution in [3.63, 3.8) is 0 Å². The molecule has 6 heteroatoms. The first-order valence-corrected chi connectivity index (χ1v) is 11.9. The molecule has 4 heterocycles. The SMILES string of the molecule is Cc1nc(N2CCC[C@@H]2c2ccc3c(c2)OCCO3)c2c3c(sc2n1)C[C@@H](C)CC3. The number of aryl methyl sites for hydroxylation is 2. The first-order chi connectivity index (χ1) is 14.7. The highest BCUT2D eigenvalue weighted by Crippen LogP contribution is 2.45. The third-order valence-electron chi connectivity index (χ3n) is 6.72. The summed E-state index contributed by atoms with van der Waals surface area (Å²) in [5, 5.41) is 1.32. The molecule has 2 aliphatic heterocycles. The Hall–Kier alpha value is -2.34. The van der Waals surface area contributed by atoms with Crippen LogP contribution in [0.3, 0.4) is 0 Å². The summed E-state index contributed by atoms with van der Waals surface area (Å²) in [5.41, 5.74) is 2.80. The molecule has 3 aliphatic rings. The number of hydrogen-bond acceptors (Lipinski definition) is 6. The van der Waals surface area contributed by atoms with E-state index in [0.29, 0.717) is 19.3 Å². The van der Waals surface area contributed by atoms with Crippen molar-refractivity contribution in [2.45, 2.75) is 52.0 Å². The molecule has 2 aromatic heterocycles. The Morgan fingerprint density at radius 3 is 2.87 bits per heavy atom. The average Bonchev–Trinajstić information content (AvgIpc) is 3.37. The van der Waals surface area contributed by atoms with Crippen LogP contribution in [0, 0.1) is 12.8 Å². The molecule has 0 amide bonds. The molecule has 0 N–H and O–H groups in total. The van der Waals surface area contributed by atoms with E-state index in [1.807, 2.05) is 18.3 Å². The summed E-state index contributed by atoms with van der Waals surface area (Å²) in [4.78, 5) is 15.1. The van der Waals surface area contributed by atoms with E-state index in [1.165, 1.54) is 45.5 Å². The van der Waals surface area contributed by atoms with Gasteiger partial charge >= 0.3 is 0 Å². The number of rotatable bonds is 2. The molecule has 1 fully saturated rings. The van der Waals surface area contributed by atoms with Crippen LogP contribution in [0.1, 0.15) is 54.1 Å². The van der Waals surface area contributed by atoms with Gasteiger partial charge in [-0.25, -0.2) is 9.97 Å². The maximum Gasteiger partial charge on any atom is 0.161 e. The van der Waals surface area contributed by atoms with Gasteiger partial charge in [0.25, 0.3) is 0 Å². The van der Waals surface area contributed by atoms with E-state index in [0.717, 1.165) is 48.4 Å². The fraction of sp³-hybridized carbons (Fsp3) is 0.500. The van der Waals surface area contributed by atoms with Crippen LogP contribution in [-0.4, -0.2) is 29.7 Å². The summed E-state index contributed by atoms with van der Waals surface area (Å²) >= 11 is 1.89. The quantitative estimate of drug-likeness (QED) is 0.566. The van der Waals surface area contributed by atoms with E-state index in [-0.39, 0.29) is 0 Å². The van der Waals surface area contributed by atoms with Gasteiger partial charge in [-0.2, -0.15) is 0 Å². The van der Waals surface area contributed by atoms with Crippen molar-refractivity contribution in [1.82, 2.24) is 9.97 Å². The van der Waals surface area contributed by atoms with Crippen LogP contribution in [-0.2, 0) is 12.8 Å². The van der Waals surface area contributed by atoms with Crippen LogP contribution >= 0.6 is 11.3 Å².